The number of halogens is 1. The van der Waals surface area contributed by atoms with Crippen LogP contribution >= 0.6 is 11.6 Å². The van der Waals surface area contributed by atoms with E-state index in [1.165, 1.54) is 0 Å². The van der Waals surface area contributed by atoms with E-state index < -0.39 is 5.92 Å². The number of nitrogens with one attached hydrogen (secondary N) is 1. The number of hydrogen-bond donors (Lipinski definition) is 1. The standard InChI is InChI=1S/C24H21ClN2O3/c1-16-10-12-18(13-11-16)30-22-9-5-3-7-20(22)26-24(29)17-14-23(28)27(15-17)21-8-4-2-6-19(21)25/h2-13,17H,14-15H2,1H3,(H,26,29). The van der Waals surface area contributed by atoms with Crippen LogP contribution in [-0.2, 0) is 9.59 Å². The van der Waals surface area contributed by atoms with Crippen LogP contribution in [0.4, 0.5) is 11.4 Å². The molecule has 1 aliphatic rings. The first-order valence-corrected chi connectivity index (χ1v) is 10.1. The van der Waals surface area contributed by atoms with Gasteiger partial charge in [0.15, 0.2) is 5.75 Å². The number of carbonyl (C=O) groups is 2. The van der Waals surface area contributed by atoms with Crippen molar-refractivity contribution in [3.8, 4) is 11.5 Å². The Labute approximate surface area is 180 Å². The zero-order chi connectivity index (χ0) is 21.1. The van der Waals surface area contributed by atoms with E-state index in [2.05, 4.69) is 5.32 Å². The van der Waals surface area contributed by atoms with Crippen LogP contribution in [-0.4, -0.2) is 18.4 Å². The van der Waals surface area contributed by atoms with Crippen LogP contribution in [0.5, 0.6) is 11.5 Å². The first-order chi connectivity index (χ1) is 14.5. The smallest absolute Gasteiger partial charge is 0.229 e. The van der Waals surface area contributed by atoms with Crippen molar-refractivity contribution in [2.24, 2.45) is 5.92 Å². The molecule has 0 saturated carbocycles. The number of amides is 2. The van der Waals surface area contributed by atoms with E-state index >= 15 is 0 Å². The third-order valence-corrected chi connectivity index (χ3v) is 5.35. The minimum absolute atomic E-state index is 0.118. The van der Waals surface area contributed by atoms with Gasteiger partial charge in [-0.05, 0) is 43.3 Å². The summed E-state index contributed by atoms with van der Waals surface area (Å²) in [7, 11) is 0. The van der Waals surface area contributed by atoms with E-state index in [0.29, 0.717) is 27.9 Å². The van der Waals surface area contributed by atoms with Gasteiger partial charge in [0, 0.05) is 13.0 Å². The molecule has 152 valence electrons. The van der Waals surface area contributed by atoms with Gasteiger partial charge in [0.1, 0.15) is 5.75 Å². The van der Waals surface area contributed by atoms with Crippen LogP contribution in [0.1, 0.15) is 12.0 Å². The fourth-order valence-corrected chi connectivity index (χ4v) is 3.65. The Bertz CT molecular complexity index is 1080. The van der Waals surface area contributed by atoms with Gasteiger partial charge in [0.2, 0.25) is 11.8 Å². The maximum absolute atomic E-state index is 12.9. The van der Waals surface area contributed by atoms with E-state index in [9.17, 15) is 9.59 Å². The average Bonchev–Trinajstić information content (AvgIpc) is 3.13. The van der Waals surface area contributed by atoms with E-state index in [1.807, 2.05) is 55.5 Å². The highest BCUT2D eigenvalue weighted by molar-refractivity contribution is 6.33. The predicted molar refractivity (Wildman–Crippen MR) is 118 cm³/mol. The summed E-state index contributed by atoms with van der Waals surface area (Å²) < 4.78 is 5.95. The third-order valence-electron chi connectivity index (χ3n) is 5.03. The number of nitrogens with zero attached hydrogens (tertiary/aromatic N) is 1. The number of ether oxygens (including phenoxy) is 1. The fourth-order valence-electron chi connectivity index (χ4n) is 3.41. The Hall–Kier alpha value is -3.31. The Balaban J connectivity index is 1.48. The molecule has 3 aromatic carbocycles. The normalized spacial score (nSPS) is 15.9. The summed E-state index contributed by atoms with van der Waals surface area (Å²) in [4.78, 5) is 27.0. The average molecular weight is 421 g/mol. The van der Waals surface area contributed by atoms with Crippen molar-refractivity contribution in [2.75, 3.05) is 16.8 Å². The van der Waals surface area contributed by atoms with Crippen LogP contribution < -0.4 is 15.0 Å². The summed E-state index contributed by atoms with van der Waals surface area (Å²) in [6.07, 6.45) is 0.137. The lowest BCUT2D eigenvalue weighted by molar-refractivity contribution is -0.122. The number of benzene rings is 3. The molecule has 0 aliphatic carbocycles. The van der Waals surface area contributed by atoms with Crippen molar-refractivity contribution in [3.05, 3.63) is 83.4 Å². The number of aryl methyl sites for hydroxylation is 1. The summed E-state index contributed by atoms with van der Waals surface area (Å²) in [6.45, 7) is 2.29. The van der Waals surface area contributed by atoms with Crippen LogP contribution in [0, 0.1) is 12.8 Å². The zero-order valence-corrected chi connectivity index (χ0v) is 17.2. The van der Waals surface area contributed by atoms with Crippen LogP contribution in [0.25, 0.3) is 0 Å². The summed E-state index contributed by atoms with van der Waals surface area (Å²) in [5, 5.41) is 3.41. The van der Waals surface area contributed by atoms with Crippen molar-refractivity contribution in [1.82, 2.24) is 0 Å². The molecule has 1 heterocycles. The van der Waals surface area contributed by atoms with Crippen LogP contribution in [0.2, 0.25) is 5.02 Å². The number of hydrogen-bond acceptors (Lipinski definition) is 3. The SMILES string of the molecule is Cc1ccc(Oc2ccccc2NC(=O)C2CC(=O)N(c3ccccc3Cl)C2)cc1. The summed E-state index contributed by atoms with van der Waals surface area (Å²) >= 11 is 6.22. The van der Waals surface area contributed by atoms with E-state index in [0.717, 1.165) is 5.56 Å². The minimum atomic E-state index is -0.471. The molecular weight excluding hydrogens is 400 g/mol. The first kappa shape index (κ1) is 20.0. The van der Waals surface area contributed by atoms with E-state index in [1.54, 1.807) is 29.2 Å². The van der Waals surface area contributed by atoms with Gasteiger partial charge in [-0.25, -0.2) is 0 Å². The molecule has 1 saturated heterocycles. The van der Waals surface area contributed by atoms with Gasteiger partial charge in [-0.1, -0.05) is 53.6 Å². The Morgan fingerprint density at radius 3 is 2.50 bits per heavy atom. The second kappa shape index (κ2) is 8.59. The summed E-state index contributed by atoms with van der Waals surface area (Å²) in [6, 6.07) is 22.1. The molecule has 1 unspecified atom stereocenters. The molecule has 0 spiro atoms. The van der Waals surface area contributed by atoms with Gasteiger partial charge in [0.25, 0.3) is 0 Å². The quantitative estimate of drug-likeness (QED) is 0.598. The van der Waals surface area contributed by atoms with Gasteiger partial charge in [0.05, 0.1) is 22.3 Å². The first-order valence-electron chi connectivity index (χ1n) is 9.70. The van der Waals surface area contributed by atoms with Gasteiger partial charge in [-0.2, -0.15) is 0 Å². The summed E-state index contributed by atoms with van der Waals surface area (Å²) in [5.41, 5.74) is 2.33. The predicted octanol–water partition coefficient (Wildman–Crippen LogP) is 5.43. The Kier molecular flexibility index (Phi) is 5.72. The largest absolute Gasteiger partial charge is 0.455 e. The number of anilines is 2. The molecule has 4 rings (SSSR count). The molecule has 0 bridgehead atoms. The lowest BCUT2D eigenvalue weighted by atomic mass is 10.1. The lowest BCUT2D eigenvalue weighted by Gasteiger charge is -2.18. The molecule has 0 aromatic heterocycles. The van der Waals surface area contributed by atoms with Crippen molar-refractivity contribution < 1.29 is 14.3 Å². The lowest BCUT2D eigenvalue weighted by Crippen LogP contribution is -2.28. The molecule has 3 aromatic rings. The zero-order valence-electron chi connectivity index (χ0n) is 16.5. The molecule has 2 amide bonds. The number of carbonyl (C=O) groups excluding carboxylic acids is 2. The molecule has 1 fully saturated rings. The molecule has 6 heteroatoms. The van der Waals surface area contributed by atoms with Crippen LogP contribution in [0.15, 0.2) is 72.8 Å². The van der Waals surface area contributed by atoms with E-state index in [-0.39, 0.29) is 24.8 Å². The molecule has 30 heavy (non-hydrogen) atoms. The third kappa shape index (κ3) is 4.31. The van der Waals surface area contributed by atoms with Crippen molar-refractivity contribution >= 4 is 34.8 Å². The molecular formula is C24H21ClN2O3. The number of para-hydroxylation sites is 3. The molecule has 0 radical (unpaired) electrons. The minimum Gasteiger partial charge on any atom is -0.455 e. The van der Waals surface area contributed by atoms with Gasteiger partial charge in [-0.15, -0.1) is 0 Å². The topological polar surface area (TPSA) is 58.6 Å². The maximum atomic E-state index is 12.9. The maximum Gasteiger partial charge on any atom is 0.229 e. The highest BCUT2D eigenvalue weighted by Gasteiger charge is 2.36. The van der Waals surface area contributed by atoms with Gasteiger partial charge in [-0.3, -0.25) is 9.59 Å². The van der Waals surface area contributed by atoms with Crippen LogP contribution in [0.3, 0.4) is 0 Å². The fraction of sp³-hybridized carbons (Fsp3) is 0.167. The van der Waals surface area contributed by atoms with Crippen molar-refractivity contribution in [3.63, 3.8) is 0 Å². The summed E-state index contributed by atoms with van der Waals surface area (Å²) in [5.74, 6) is 0.414. The number of rotatable bonds is 5. The highest BCUT2D eigenvalue weighted by atomic mass is 35.5. The second-order valence-corrected chi connectivity index (χ2v) is 7.66. The van der Waals surface area contributed by atoms with Crippen molar-refractivity contribution in [2.45, 2.75) is 13.3 Å². The van der Waals surface area contributed by atoms with Crippen molar-refractivity contribution in [1.29, 1.82) is 0 Å². The van der Waals surface area contributed by atoms with Gasteiger partial charge < -0.3 is 15.0 Å². The highest BCUT2D eigenvalue weighted by Crippen LogP contribution is 2.33. The Morgan fingerprint density at radius 1 is 1.03 bits per heavy atom. The molecule has 1 aliphatic heterocycles. The molecule has 1 N–H and O–H groups in total. The Morgan fingerprint density at radius 2 is 1.73 bits per heavy atom. The molecule has 1 atom stereocenters. The molecule has 5 nitrogen and oxygen atoms in total. The monoisotopic (exact) mass is 420 g/mol. The second-order valence-electron chi connectivity index (χ2n) is 7.26. The van der Waals surface area contributed by atoms with Gasteiger partial charge >= 0.3 is 0 Å². The van der Waals surface area contributed by atoms with E-state index in [4.69, 9.17) is 16.3 Å².